The lowest BCUT2D eigenvalue weighted by Crippen LogP contribution is -2.28. The zero-order chi connectivity index (χ0) is 21.4. The summed E-state index contributed by atoms with van der Waals surface area (Å²) in [4.78, 5) is 12.3. The highest BCUT2D eigenvalue weighted by Crippen LogP contribution is 2.20. The summed E-state index contributed by atoms with van der Waals surface area (Å²) in [7, 11) is 0. The van der Waals surface area contributed by atoms with E-state index in [9.17, 15) is 10.1 Å². The minimum Gasteiger partial charge on any atom is -0.458 e. The maximum Gasteiger partial charge on any atom is 0.224 e. The SMILES string of the molecule is CCCCCCCCCCCCCCn1ccc(=O)c(OC2CCCCO2)c1C#N. The highest BCUT2D eigenvalue weighted by atomic mass is 16.7. The lowest BCUT2D eigenvalue weighted by atomic mass is 10.1. The Labute approximate surface area is 182 Å². The molecule has 0 saturated carbocycles. The van der Waals surface area contributed by atoms with Crippen molar-refractivity contribution in [1.82, 2.24) is 4.57 Å². The Morgan fingerprint density at radius 3 is 2.23 bits per heavy atom. The predicted molar refractivity (Wildman–Crippen MR) is 121 cm³/mol. The molecule has 0 aromatic carbocycles. The van der Waals surface area contributed by atoms with Crippen LogP contribution in [0.5, 0.6) is 5.75 Å². The second-order valence-electron chi connectivity index (χ2n) is 8.47. The first-order valence-electron chi connectivity index (χ1n) is 12.2. The van der Waals surface area contributed by atoms with Crippen molar-refractivity contribution in [1.29, 1.82) is 5.26 Å². The molecule has 1 unspecified atom stereocenters. The van der Waals surface area contributed by atoms with Crippen LogP contribution in [0.25, 0.3) is 0 Å². The summed E-state index contributed by atoms with van der Waals surface area (Å²) < 4.78 is 13.2. The van der Waals surface area contributed by atoms with Gasteiger partial charge in [0.05, 0.1) is 6.61 Å². The Morgan fingerprint density at radius 2 is 1.67 bits per heavy atom. The highest BCUT2D eigenvalue weighted by molar-refractivity contribution is 5.38. The second kappa shape index (κ2) is 15.1. The van der Waals surface area contributed by atoms with Crippen molar-refractivity contribution in [2.45, 2.75) is 116 Å². The third-order valence-electron chi connectivity index (χ3n) is 5.88. The number of hydrogen-bond acceptors (Lipinski definition) is 4. The van der Waals surface area contributed by atoms with Gasteiger partial charge in [-0.05, 0) is 19.3 Å². The number of aromatic nitrogens is 1. The lowest BCUT2D eigenvalue weighted by molar-refractivity contribution is -0.106. The van der Waals surface area contributed by atoms with E-state index in [4.69, 9.17) is 9.47 Å². The Hall–Kier alpha value is -1.80. The van der Waals surface area contributed by atoms with E-state index in [0.29, 0.717) is 12.3 Å². The van der Waals surface area contributed by atoms with Crippen LogP contribution in [0.2, 0.25) is 0 Å². The zero-order valence-electron chi connectivity index (χ0n) is 18.9. The monoisotopic (exact) mass is 416 g/mol. The van der Waals surface area contributed by atoms with E-state index in [1.54, 1.807) is 6.20 Å². The summed E-state index contributed by atoms with van der Waals surface area (Å²) in [6, 6.07) is 3.67. The first kappa shape index (κ1) is 24.5. The Kier molecular flexibility index (Phi) is 12.3. The van der Waals surface area contributed by atoms with Gasteiger partial charge in [-0.3, -0.25) is 4.79 Å². The molecule has 1 atom stereocenters. The second-order valence-corrected chi connectivity index (χ2v) is 8.47. The van der Waals surface area contributed by atoms with Crippen LogP contribution in [0.15, 0.2) is 17.1 Å². The standard InChI is InChI=1S/C25H40N2O3/c1-2-3-4-5-6-7-8-9-10-11-12-14-18-27-19-17-23(28)25(22(27)21-26)30-24-16-13-15-20-29-24/h17,19,24H,2-16,18,20H2,1H3. The highest BCUT2D eigenvalue weighted by Gasteiger charge is 2.20. The van der Waals surface area contributed by atoms with Crippen LogP contribution in [0.4, 0.5) is 0 Å². The van der Waals surface area contributed by atoms with Crippen molar-refractivity contribution in [2.75, 3.05) is 6.61 Å². The molecule has 1 saturated heterocycles. The average molecular weight is 417 g/mol. The number of aryl methyl sites for hydroxylation is 1. The van der Waals surface area contributed by atoms with Gasteiger partial charge in [-0.2, -0.15) is 5.26 Å². The van der Waals surface area contributed by atoms with E-state index < -0.39 is 6.29 Å². The maximum atomic E-state index is 12.3. The van der Waals surface area contributed by atoms with Gasteiger partial charge in [-0.25, -0.2) is 0 Å². The molecule has 0 radical (unpaired) electrons. The van der Waals surface area contributed by atoms with E-state index in [1.807, 2.05) is 4.57 Å². The van der Waals surface area contributed by atoms with E-state index >= 15 is 0 Å². The summed E-state index contributed by atoms with van der Waals surface area (Å²) in [6.45, 7) is 3.65. The van der Waals surface area contributed by atoms with Gasteiger partial charge in [-0.15, -0.1) is 0 Å². The van der Waals surface area contributed by atoms with Crippen LogP contribution >= 0.6 is 0 Å². The smallest absolute Gasteiger partial charge is 0.224 e. The number of nitrogens with zero attached hydrogens (tertiary/aromatic N) is 2. The molecule has 1 fully saturated rings. The minimum atomic E-state index is -0.416. The topological polar surface area (TPSA) is 64.2 Å². The van der Waals surface area contributed by atoms with Crippen LogP contribution in [-0.4, -0.2) is 17.5 Å². The minimum absolute atomic E-state index is 0.144. The molecule has 5 heteroatoms. The number of unbranched alkanes of at least 4 members (excludes halogenated alkanes) is 11. The van der Waals surface area contributed by atoms with Crippen molar-refractivity contribution < 1.29 is 9.47 Å². The number of pyridine rings is 1. The number of ether oxygens (including phenoxy) is 2. The Balaban J connectivity index is 1.67. The third kappa shape index (κ3) is 8.92. The van der Waals surface area contributed by atoms with Gasteiger partial charge in [0.1, 0.15) is 6.07 Å². The van der Waals surface area contributed by atoms with E-state index in [0.717, 1.165) is 38.6 Å². The summed E-state index contributed by atoms with van der Waals surface area (Å²) in [6.07, 6.45) is 19.7. The normalized spacial score (nSPS) is 16.3. The molecule has 2 rings (SSSR count). The maximum absolute atomic E-state index is 12.3. The molecule has 0 amide bonds. The molecule has 1 aliphatic rings. The van der Waals surface area contributed by atoms with E-state index in [2.05, 4.69) is 13.0 Å². The first-order chi connectivity index (χ1) is 14.8. The van der Waals surface area contributed by atoms with Gasteiger partial charge in [0.25, 0.3) is 0 Å². The van der Waals surface area contributed by atoms with Crippen LogP contribution in [-0.2, 0) is 11.3 Å². The van der Waals surface area contributed by atoms with Gasteiger partial charge >= 0.3 is 0 Å². The first-order valence-corrected chi connectivity index (χ1v) is 12.2. The Bertz CT molecular complexity index is 687. The van der Waals surface area contributed by atoms with Crippen molar-refractivity contribution in [3.8, 4) is 11.8 Å². The molecule has 1 aromatic rings. The fraction of sp³-hybridized carbons (Fsp3) is 0.760. The van der Waals surface area contributed by atoms with E-state index in [-0.39, 0.29) is 11.2 Å². The molecule has 1 aromatic heterocycles. The molecule has 0 bridgehead atoms. The molecule has 1 aliphatic heterocycles. The summed E-state index contributed by atoms with van der Waals surface area (Å²) in [5, 5.41) is 9.61. The number of hydrogen-bond donors (Lipinski definition) is 0. The predicted octanol–water partition coefficient (Wildman–Crippen LogP) is 6.33. The van der Waals surface area contributed by atoms with Gasteiger partial charge < -0.3 is 14.0 Å². The molecule has 0 spiro atoms. The van der Waals surface area contributed by atoms with Crippen LogP contribution in [0, 0.1) is 11.3 Å². The Morgan fingerprint density at radius 1 is 1.03 bits per heavy atom. The zero-order valence-corrected chi connectivity index (χ0v) is 18.9. The van der Waals surface area contributed by atoms with Gasteiger partial charge in [-0.1, -0.05) is 77.6 Å². The van der Waals surface area contributed by atoms with Crippen LogP contribution < -0.4 is 10.2 Å². The van der Waals surface area contributed by atoms with Gasteiger partial charge in [0.15, 0.2) is 12.0 Å². The third-order valence-corrected chi connectivity index (χ3v) is 5.88. The summed E-state index contributed by atoms with van der Waals surface area (Å²) >= 11 is 0. The van der Waals surface area contributed by atoms with Crippen LogP contribution in [0.3, 0.4) is 0 Å². The van der Waals surface area contributed by atoms with E-state index in [1.165, 1.54) is 70.3 Å². The largest absolute Gasteiger partial charge is 0.458 e. The fourth-order valence-corrected chi connectivity index (χ4v) is 4.03. The molecule has 0 N–H and O–H groups in total. The van der Waals surface area contributed by atoms with Crippen molar-refractivity contribution in [3.63, 3.8) is 0 Å². The number of rotatable bonds is 15. The molecule has 168 valence electrons. The molecular weight excluding hydrogens is 376 g/mol. The quantitative estimate of drug-likeness (QED) is 0.314. The van der Waals surface area contributed by atoms with Crippen molar-refractivity contribution in [3.05, 3.63) is 28.2 Å². The molecule has 30 heavy (non-hydrogen) atoms. The molecule has 2 heterocycles. The van der Waals surface area contributed by atoms with Crippen LogP contribution in [0.1, 0.15) is 109 Å². The fourth-order valence-electron chi connectivity index (χ4n) is 4.03. The number of nitriles is 1. The van der Waals surface area contributed by atoms with Crippen molar-refractivity contribution >= 4 is 0 Å². The molecule has 5 nitrogen and oxygen atoms in total. The molecule has 0 aliphatic carbocycles. The summed E-state index contributed by atoms with van der Waals surface area (Å²) in [5.74, 6) is 0.144. The lowest BCUT2D eigenvalue weighted by Gasteiger charge is -2.24. The summed E-state index contributed by atoms with van der Waals surface area (Å²) in [5.41, 5.74) is 0.0754. The van der Waals surface area contributed by atoms with Gasteiger partial charge in [0.2, 0.25) is 11.2 Å². The molecular formula is C25H40N2O3. The van der Waals surface area contributed by atoms with Gasteiger partial charge in [0, 0.05) is 25.2 Å². The van der Waals surface area contributed by atoms with Crippen molar-refractivity contribution in [2.24, 2.45) is 0 Å². The average Bonchev–Trinajstić information content (AvgIpc) is 2.77.